The molecular weight excluding hydrogens is 224 g/mol. The van der Waals surface area contributed by atoms with Gasteiger partial charge in [-0.15, -0.1) is 0 Å². The first-order chi connectivity index (χ1) is 8.58. The summed E-state index contributed by atoms with van der Waals surface area (Å²) in [6.45, 7) is 8.92. The van der Waals surface area contributed by atoms with Crippen molar-refractivity contribution in [2.24, 2.45) is 0 Å². The van der Waals surface area contributed by atoms with Crippen LogP contribution in [0.4, 0.5) is 0 Å². The van der Waals surface area contributed by atoms with E-state index in [-0.39, 0.29) is 5.91 Å². The third-order valence-corrected chi connectivity index (χ3v) is 3.48. The second kappa shape index (κ2) is 5.53. The predicted octanol–water partition coefficient (Wildman–Crippen LogP) is 2.24. The molecular formula is C15H22N2O. The van der Waals surface area contributed by atoms with E-state index in [1.54, 1.807) is 0 Å². The first-order valence-corrected chi connectivity index (χ1v) is 6.70. The fourth-order valence-electron chi connectivity index (χ4n) is 2.31. The zero-order valence-corrected chi connectivity index (χ0v) is 11.4. The molecule has 0 aliphatic carbocycles. The molecule has 0 aromatic heterocycles. The third-order valence-electron chi connectivity index (χ3n) is 3.48. The maximum Gasteiger partial charge on any atom is 0.253 e. The van der Waals surface area contributed by atoms with Crippen molar-refractivity contribution >= 4 is 5.91 Å². The molecule has 0 spiro atoms. The van der Waals surface area contributed by atoms with E-state index >= 15 is 0 Å². The van der Waals surface area contributed by atoms with Crippen LogP contribution in [0, 0.1) is 0 Å². The number of hydrogen-bond donors (Lipinski definition) is 1. The van der Waals surface area contributed by atoms with Gasteiger partial charge >= 0.3 is 0 Å². The van der Waals surface area contributed by atoms with E-state index in [4.69, 9.17) is 0 Å². The molecule has 1 aromatic carbocycles. The van der Waals surface area contributed by atoms with Crippen LogP contribution >= 0.6 is 0 Å². The first-order valence-electron chi connectivity index (χ1n) is 6.70. The van der Waals surface area contributed by atoms with Gasteiger partial charge < -0.3 is 10.2 Å². The van der Waals surface area contributed by atoms with Crippen LogP contribution in [0.3, 0.4) is 0 Å². The van der Waals surface area contributed by atoms with Crippen molar-refractivity contribution in [2.75, 3.05) is 19.6 Å². The fraction of sp³-hybridized carbons (Fsp3) is 0.533. The average Bonchev–Trinajstić information content (AvgIpc) is 2.38. The monoisotopic (exact) mass is 246 g/mol. The molecule has 98 valence electrons. The molecule has 0 unspecified atom stereocenters. The zero-order valence-electron chi connectivity index (χ0n) is 11.4. The van der Waals surface area contributed by atoms with E-state index in [0.717, 1.165) is 25.2 Å². The predicted molar refractivity (Wildman–Crippen MR) is 73.9 cm³/mol. The van der Waals surface area contributed by atoms with E-state index < -0.39 is 0 Å². The topological polar surface area (TPSA) is 32.3 Å². The number of amides is 1. The number of benzene rings is 1. The van der Waals surface area contributed by atoms with Crippen molar-refractivity contribution in [1.82, 2.24) is 10.2 Å². The summed E-state index contributed by atoms with van der Waals surface area (Å²) in [5.74, 6) is 0.659. The quantitative estimate of drug-likeness (QED) is 0.868. The van der Waals surface area contributed by atoms with Crippen molar-refractivity contribution in [3.63, 3.8) is 0 Å². The van der Waals surface area contributed by atoms with Crippen LogP contribution in [0.1, 0.15) is 42.6 Å². The van der Waals surface area contributed by atoms with E-state index in [0.29, 0.717) is 12.0 Å². The van der Waals surface area contributed by atoms with Crippen LogP contribution < -0.4 is 5.32 Å². The molecule has 3 heteroatoms. The summed E-state index contributed by atoms with van der Waals surface area (Å²) in [6, 6.07) is 8.40. The van der Waals surface area contributed by atoms with Gasteiger partial charge in [0.05, 0.1) is 0 Å². The van der Waals surface area contributed by atoms with Crippen LogP contribution in [0.5, 0.6) is 0 Å². The molecule has 0 saturated carbocycles. The van der Waals surface area contributed by atoms with Gasteiger partial charge in [0.1, 0.15) is 0 Å². The summed E-state index contributed by atoms with van der Waals surface area (Å²) < 4.78 is 0. The van der Waals surface area contributed by atoms with E-state index in [1.807, 2.05) is 17.0 Å². The Morgan fingerprint density at radius 1 is 1.33 bits per heavy atom. The Kier molecular flexibility index (Phi) is 4.02. The number of hydrogen-bond acceptors (Lipinski definition) is 2. The molecule has 1 saturated heterocycles. The van der Waals surface area contributed by atoms with Crippen LogP contribution in [0.25, 0.3) is 0 Å². The highest BCUT2D eigenvalue weighted by molar-refractivity contribution is 5.94. The van der Waals surface area contributed by atoms with Gasteiger partial charge in [0.2, 0.25) is 0 Å². The van der Waals surface area contributed by atoms with Crippen molar-refractivity contribution in [3.8, 4) is 0 Å². The highest BCUT2D eigenvalue weighted by Crippen LogP contribution is 2.16. The normalized spacial score (nSPS) is 20.2. The molecule has 1 aliphatic heterocycles. The minimum atomic E-state index is 0.152. The van der Waals surface area contributed by atoms with Gasteiger partial charge in [-0.1, -0.05) is 26.0 Å². The van der Waals surface area contributed by atoms with Crippen LogP contribution in [0.15, 0.2) is 24.3 Å². The minimum Gasteiger partial charge on any atom is -0.336 e. The largest absolute Gasteiger partial charge is 0.336 e. The van der Waals surface area contributed by atoms with Gasteiger partial charge in [-0.05, 0) is 30.5 Å². The number of piperazine rings is 1. The van der Waals surface area contributed by atoms with Gasteiger partial charge in [-0.25, -0.2) is 0 Å². The maximum absolute atomic E-state index is 12.3. The molecule has 1 aliphatic rings. The Bertz CT molecular complexity index is 411. The fourth-order valence-corrected chi connectivity index (χ4v) is 2.31. The number of carbonyl (C=O) groups excluding carboxylic acids is 1. The molecule has 2 rings (SSSR count). The maximum atomic E-state index is 12.3. The summed E-state index contributed by atoms with van der Waals surface area (Å²) in [6.07, 6.45) is 0. The second-order valence-corrected chi connectivity index (χ2v) is 5.38. The molecule has 0 radical (unpaired) electrons. The molecule has 1 heterocycles. The first kappa shape index (κ1) is 13.1. The highest BCUT2D eigenvalue weighted by atomic mass is 16.2. The lowest BCUT2D eigenvalue weighted by Gasteiger charge is -2.32. The third kappa shape index (κ3) is 2.91. The van der Waals surface area contributed by atoms with E-state index in [1.165, 1.54) is 5.56 Å². The lowest BCUT2D eigenvalue weighted by molar-refractivity contribution is 0.0709. The Labute approximate surface area is 109 Å². The van der Waals surface area contributed by atoms with Crippen LogP contribution in [0.2, 0.25) is 0 Å². The lowest BCUT2D eigenvalue weighted by Crippen LogP contribution is -2.51. The van der Waals surface area contributed by atoms with Crippen LogP contribution in [-0.4, -0.2) is 36.5 Å². The van der Waals surface area contributed by atoms with Gasteiger partial charge in [0.25, 0.3) is 5.91 Å². The SMILES string of the molecule is CC(C)c1ccc(C(=O)N2CCN[C@@H](C)C2)cc1. The van der Waals surface area contributed by atoms with Gasteiger partial charge in [0, 0.05) is 31.2 Å². The Balaban J connectivity index is 2.08. The molecule has 1 fully saturated rings. The minimum absolute atomic E-state index is 0.152. The average molecular weight is 246 g/mol. The van der Waals surface area contributed by atoms with Crippen molar-refractivity contribution < 1.29 is 4.79 Å². The number of carbonyl (C=O) groups is 1. The van der Waals surface area contributed by atoms with Gasteiger partial charge in [-0.3, -0.25) is 4.79 Å². The summed E-state index contributed by atoms with van der Waals surface area (Å²) in [7, 11) is 0. The number of rotatable bonds is 2. The molecule has 3 nitrogen and oxygen atoms in total. The Morgan fingerprint density at radius 2 is 2.00 bits per heavy atom. The standard InChI is InChI=1S/C15H22N2O/c1-11(2)13-4-6-14(7-5-13)15(18)17-9-8-16-12(3)10-17/h4-7,11-12,16H,8-10H2,1-3H3/t12-/m0/s1. The van der Waals surface area contributed by atoms with E-state index in [2.05, 4.69) is 38.2 Å². The molecule has 18 heavy (non-hydrogen) atoms. The molecule has 1 amide bonds. The summed E-state index contributed by atoms with van der Waals surface area (Å²) in [4.78, 5) is 14.3. The molecule has 1 atom stereocenters. The molecule has 0 bridgehead atoms. The van der Waals surface area contributed by atoms with Gasteiger partial charge in [0.15, 0.2) is 0 Å². The molecule has 1 aromatic rings. The van der Waals surface area contributed by atoms with Crippen molar-refractivity contribution in [2.45, 2.75) is 32.7 Å². The molecule has 1 N–H and O–H groups in total. The highest BCUT2D eigenvalue weighted by Gasteiger charge is 2.21. The van der Waals surface area contributed by atoms with Crippen molar-refractivity contribution in [1.29, 1.82) is 0 Å². The van der Waals surface area contributed by atoms with E-state index in [9.17, 15) is 4.79 Å². The van der Waals surface area contributed by atoms with Gasteiger partial charge in [-0.2, -0.15) is 0 Å². The summed E-state index contributed by atoms with van der Waals surface area (Å²) >= 11 is 0. The van der Waals surface area contributed by atoms with Crippen molar-refractivity contribution in [3.05, 3.63) is 35.4 Å². The summed E-state index contributed by atoms with van der Waals surface area (Å²) in [5, 5.41) is 3.35. The number of nitrogens with zero attached hydrogens (tertiary/aromatic N) is 1. The zero-order chi connectivity index (χ0) is 13.1. The second-order valence-electron chi connectivity index (χ2n) is 5.38. The smallest absolute Gasteiger partial charge is 0.253 e. The summed E-state index contributed by atoms with van der Waals surface area (Å²) in [5.41, 5.74) is 2.08. The lowest BCUT2D eigenvalue weighted by atomic mass is 10.0. The Morgan fingerprint density at radius 3 is 2.56 bits per heavy atom. The van der Waals surface area contributed by atoms with Crippen LogP contribution in [-0.2, 0) is 0 Å². The Hall–Kier alpha value is -1.35. The number of nitrogens with one attached hydrogen (secondary N) is 1.